The van der Waals surface area contributed by atoms with Crippen LogP contribution in [-0.4, -0.2) is 27.2 Å². The second-order valence-electron chi connectivity index (χ2n) is 4.78. The highest BCUT2D eigenvalue weighted by Crippen LogP contribution is 2.27. The molecule has 0 aliphatic rings. The van der Waals surface area contributed by atoms with Crippen LogP contribution in [0.5, 0.6) is 0 Å². The van der Waals surface area contributed by atoms with Crippen LogP contribution in [0.25, 0.3) is 0 Å². The minimum Gasteiger partial charge on any atom is -0.388 e. The minimum absolute atomic E-state index is 0.353. The van der Waals surface area contributed by atoms with E-state index in [1.54, 1.807) is 6.92 Å². The van der Waals surface area contributed by atoms with Gasteiger partial charge in [-0.25, -0.2) is 9.97 Å². The van der Waals surface area contributed by atoms with E-state index >= 15 is 0 Å². The van der Waals surface area contributed by atoms with Crippen molar-refractivity contribution in [2.45, 2.75) is 32.8 Å². The zero-order valence-electron chi connectivity index (χ0n) is 10.2. The number of aliphatic hydroxyl groups is 1. The molecule has 0 radical (unpaired) electrons. The summed E-state index contributed by atoms with van der Waals surface area (Å²) in [4.78, 5) is 7.89. The van der Waals surface area contributed by atoms with Crippen molar-refractivity contribution < 1.29 is 5.11 Å². The summed E-state index contributed by atoms with van der Waals surface area (Å²) in [7, 11) is 0. The maximum Gasteiger partial charge on any atom is 0.148 e. The zero-order valence-corrected chi connectivity index (χ0v) is 12.5. The summed E-state index contributed by atoms with van der Waals surface area (Å²) in [6.45, 7) is 6.37. The molecule has 0 aromatic carbocycles. The van der Waals surface area contributed by atoms with Crippen molar-refractivity contribution in [1.82, 2.24) is 9.97 Å². The Balaban J connectivity index is 2.64. The molecule has 4 nitrogen and oxygen atoms in total. The summed E-state index contributed by atoms with van der Waals surface area (Å²) < 4.78 is 0.613. The fourth-order valence-corrected chi connectivity index (χ4v) is 2.18. The van der Waals surface area contributed by atoms with Crippen LogP contribution in [0.3, 0.4) is 0 Å². The molecule has 1 unspecified atom stereocenters. The molecule has 0 saturated carbocycles. The summed E-state index contributed by atoms with van der Waals surface area (Å²) >= 11 is 9.15. The quantitative estimate of drug-likeness (QED) is 0.818. The fourth-order valence-electron chi connectivity index (χ4n) is 1.70. The summed E-state index contributed by atoms with van der Waals surface area (Å²) in [5, 5.41) is 13.6. The van der Waals surface area contributed by atoms with Gasteiger partial charge in [-0.05, 0) is 35.2 Å². The lowest BCUT2D eigenvalue weighted by Crippen LogP contribution is -2.35. The number of nitrogens with zero attached hydrogens (tertiary/aromatic N) is 2. The molecule has 1 aromatic rings. The third-order valence-corrected chi connectivity index (χ3v) is 3.50. The molecule has 1 atom stereocenters. The number of hydrogen-bond donors (Lipinski definition) is 2. The molecule has 2 N–H and O–H groups in total. The maximum atomic E-state index is 10.2. The molecule has 0 saturated heterocycles. The normalized spacial score (nSPS) is 14.8. The number of halogens is 2. The third-order valence-electron chi connectivity index (χ3n) is 2.23. The first-order valence-corrected chi connectivity index (χ1v) is 6.61. The molecule has 96 valence electrons. The highest BCUT2D eigenvalue weighted by Gasteiger charge is 2.22. The van der Waals surface area contributed by atoms with E-state index in [1.165, 1.54) is 6.33 Å². The maximum absolute atomic E-state index is 10.2. The molecule has 0 spiro atoms. The van der Waals surface area contributed by atoms with Gasteiger partial charge in [0.25, 0.3) is 0 Å². The van der Waals surface area contributed by atoms with E-state index in [0.29, 0.717) is 27.9 Å². The van der Waals surface area contributed by atoms with Gasteiger partial charge in [0.1, 0.15) is 17.3 Å². The SMILES string of the molecule is CC(C)CC(C)(O)CNc1ncnc(Cl)c1Br. The van der Waals surface area contributed by atoms with Gasteiger partial charge in [-0.15, -0.1) is 0 Å². The molecule has 0 fully saturated rings. The molecule has 0 bridgehead atoms. The second-order valence-corrected chi connectivity index (χ2v) is 5.93. The molecule has 1 rings (SSSR count). The average Bonchev–Trinajstić information content (AvgIpc) is 2.18. The molecule has 0 amide bonds. The van der Waals surface area contributed by atoms with Crippen molar-refractivity contribution in [2.24, 2.45) is 5.92 Å². The van der Waals surface area contributed by atoms with E-state index in [9.17, 15) is 5.11 Å². The smallest absolute Gasteiger partial charge is 0.148 e. The van der Waals surface area contributed by atoms with Gasteiger partial charge in [0.05, 0.1) is 10.1 Å². The van der Waals surface area contributed by atoms with Crippen LogP contribution in [0.4, 0.5) is 5.82 Å². The Bertz CT molecular complexity index is 385. The van der Waals surface area contributed by atoms with Gasteiger partial charge in [-0.2, -0.15) is 0 Å². The molecule has 17 heavy (non-hydrogen) atoms. The van der Waals surface area contributed by atoms with Gasteiger partial charge in [0, 0.05) is 6.54 Å². The standard InChI is InChI=1S/C11H17BrClN3O/c1-7(2)4-11(3,17)5-14-10-8(12)9(13)15-6-16-10/h6-7,17H,4-5H2,1-3H3,(H,14,15,16). The zero-order chi connectivity index (χ0) is 13.1. The van der Waals surface area contributed by atoms with Crippen LogP contribution in [0, 0.1) is 5.92 Å². The molecular formula is C11H17BrClN3O. The van der Waals surface area contributed by atoms with Gasteiger partial charge in [-0.3, -0.25) is 0 Å². The van der Waals surface area contributed by atoms with Gasteiger partial charge < -0.3 is 10.4 Å². The first kappa shape index (κ1) is 14.7. The molecule has 0 aliphatic heterocycles. The fraction of sp³-hybridized carbons (Fsp3) is 0.636. The van der Waals surface area contributed by atoms with E-state index in [2.05, 4.69) is 45.1 Å². The number of aromatic nitrogens is 2. The monoisotopic (exact) mass is 321 g/mol. The highest BCUT2D eigenvalue weighted by atomic mass is 79.9. The topological polar surface area (TPSA) is 58.0 Å². The predicted molar refractivity (Wildman–Crippen MR) is 73.3 cm³/mol. The van der Waals surface area contributed by atoms with Crippen molar-refractivity contribution in [3.8, 4) is 0 Å². The number of anilines is 1. The van der Waals surface area contributed by atoms with Crippen molar-refractivity contribution in [3.63, 3.8) is 0 Å². The largest absolute Gasteiger partial charge is 0.388 e. The summed E-state index contributed by atoms with van der Waals surface area (Å²) in [6, 6.07) is 0. The number of hydrogen-bond acceptors (Lipinski definition) is 4. The molecule has 1 aromatic heterocycles. The summed E-state index contributed by atoms with van der Waals surface area (Å²) in [5.41, 5.74) is -0.773. The van der Waals surface area contributed by atoms with Crippen LogP contribution in [0.15, 0.2) is 10.8 Å². The Morgan fingerprint density at radius 1 is 1.53 bits per heavy atom. The van der Waals surface area contributed by atoms with Gasteiger partial charge in [0.15, 0.2) is 0 Å². The van der Waals surface area contributed by atoms with Crippen LogP contribution in [0.1, 0.15) is 27.2 Å². The Morgan fingerprint density at radius 3 is 2.76 bits per heavy atom. The summed E-state index contributed by atoms with van der Waals surface area (Å²) in [6.07, 6.45) is 2.10. The lowest BCUT2D eigenvalue weighted by Gasteiger charge is -2.26. The van der Waals surface area contributed by atoms with Crippen molar-refractivity contribution in [2.75, 3.05) is 11.9 Å². The van der Waals surface area contributed by atoms with Gasteiger partial charge in [0.2, 0.25) is 0 Å². The number of nitrogens with one attached hydrogen (secondary N) is 1. The van der Waals surface area contributed by atoms with E-state index in [1.807, 2.05) is 0 Å². The Morgan fingerprint density at radius 2 is 2.18 bits per heavy atom. The third kappa shape index (κ3) is 4.77. The van der Waals surface area contributed by atoms with Gasteiger partial charge in [-0.1, -0.05) is 25.4 Å². The van der Waals surface area contributed by atoms with E-state index in [0.717, 1.165) is 6.42 Å². The van der Waals surface area contributed by atoms with Crippen LogP contribution < -0.4 is 5.32 Å². The minimum atomic E-state index is -0.773. The molecular weight excluding hydrogens is 305 g/mol. The highest BCUT2D eigenvalue weighted by molar-refractivity contribution is 9.10. The van der Waals surface area contributed by atoms with E-state index in [-0.39, 0.29) is 0 Å². The molecule has 0 aliphatic carbocycles. The lowest BCUT2D eigenvalue weighted by atomic mass is 9.94. The Kier molecular flexibility index (Phi) is 5.16. The predicted octanol–water partition coefficient (Wildman–Crippen LogP) is 3.10. The summed E-state index contributed by atoms with van der Waals surface area (Å²) in [5.74, 6) is 1.03. The van der Waals surface area contributed by atoms with Crippen LogP contribution >= 0.6 is 27.5 Å². The van der Waals surface area contributed by atoms with Crippen LogP contribution in [0.2, 0.25) is 5.15 Å². The average molecular weight is 323 g/mol. The molecule has 1 heterocycles. The van der Waals surface area contributed by atoms with Crippen molar-refractivity contribution >= 4 is 33.3 Å². The Labute approximate surface area is 115 Å². The van der Waals surface area contributed by atoms with Crippen molar-refractivity contribution in [1.29, 1.82) is 0 Å². The van der Waals surface area contributed by atoms with E-state index < -0.39 is 5.60 Å². The van der Waals surface area contributed by atoms with Crippen LogP contribution in [-0.2, 0) is 0 Å². The van der Waals surface area contributed by atoms with Crippen molar-refractivity contribution in [3.05, 3.63) is 16.0 Å². The second kappa shape index (κ2) is 5.98. The first-order valence-electron chi connectivity index (χ1n) is 5.44. The Hall–Kier alpha value is -0.390. The van der Waals surface area contributed by atoms with E-state index in [4.69, 9.17) is 11.6 Å². The first-order chi connectivity index (χ1) is 7.82. The molecule has 6 heteroatoms. The number of rotatable bonds is 5. The lowest BCUT2D eigenvalue weighted by molar-refractivity contribution is 0.0514. The van der Waals surface area contributed by atoms with Gasteiger partial charge >= 0.3 is 0 Å².